The Bertz CT molecular complexity index is 466. The molecule has 0 amide bonds. The third kappa shape index (κ3) is 1.12. The van der Waals surface area contributed by atoms with Crippen molar-refractivity contribution in [2.75, 3.05) is 20.1 Å². The number of benzene rings is 1. The lowest BCUT2D eigenvalue weighted by atomic mass is 10.3. The number of hydrogen-bond donors (Lipinski definition) is 1. The molecule has 6 nitrogen and oxygen atoms in total. The molecule has 0 spiro atoms. The highest BCUT2D eigenvalue weighted by molar-refractivity contribution is 5.79. The molecule has 0 saturated heterocycles. The minimum absolute atomic E-state index is 0.606. The fraction of sp³-hybridized carbons (Fsp3) is 0.250. The summed E-state index contributed by atoms with van der Waals surface area (Å²) in [7, 11) is 3.13. The van der Waals surface area contributed by atoms with Crippen molar-refractivity contribution in [2.45, 2.75) is 0 Å². The number of fused-ring (bicyclic) bond motifs is 1. The van der Waals surface area contributed by atoms with Crippen LogP contribution in [-0.2, 0) is 0 Å². The molecule has 0 aliphatic carbocycles. The van der Waals surface area contributed by atoms with Crippen LogP contribution in [0.5, 0.6) is 11.5 Å². The van der Waals surface area contributed by atoms with E-state index in [-0.39, 0.29) is 0 Å². The van der Waals surface area contributed by atoms with Crippen molar-refractivity contribution in [1.82, 2.24) is 15.1 Å². The van der Waals surface area contributed by atoms with Crippen LogP contribution in [0.4, 0.5) is 0 Å². The second-order valence-electron chi connectivity index (χ2n) is 2.73. The highest BCUT2D eigenvalue weighted by Crippen LogP contribution is 2.30. The van der Waals surface area contributed by atoms with Crippen LogP contribution >= 0.6 is 0 Å². The predicted octanol–water partition coefficient (Wildman–Crippen LogP) is 0.162. The smallest absolute Gasteiger partial charge is 0.163 e. The van der Waals surface area contributed by atoms with E-state index in [1.807, 2.05) is 0 Å². The van der Waals surface area contributed by atoms with E-state index in [9.17, 15) is 0 Å². The van der Waals surface area contributed by atoms with Gasteiger partial charge >= 0.3 is 0 Å². The van der Waals surface area contributed by atoms with Crippen molar-refractivity contribution in [3.05, 3.63) is 12.1 Å². The van der Waals surface area contributed by atoms with Crippen LogP contribution in [0.1, 0.15) is 0 Å². The lowest BCUT2D eigenvalue weighted by Gasteiger charge is -2.06. The van der Waals surface area contributed by atoms with Crippen molar-refractivity contribution in [1.29, 1.82) is 0 Å². The van der Waals surface area contributed by atoms with Crippen LogP contribution in [-0.4, -0.2) is 29.3 Å². The Balaban J connectivity index is 2.71. The summed E-state index contributed by atoms with van der Waals surface area (Å²) in [5.41, 5.74) is 1.37. The normalized spacial score (nSPS) is 10.4. The van der Waals surface area contributed by atoms with Gasteiger partial charge in [0.1, 0.15) is 11.0 Å². The lowest BCUT2D eigenvalue weighted by molar-refractivity contribution is 0.355. The van der Waals surface area contributed by atoms with E-state index in [1.165, 1.54) is 4.79 Å². The quantitative estimate of drug-likeness (QED) is 0.689. The van der Waals surface area contributed by atoms with Gasteiger partial charge in [-0.15, -0.1) is 5.10 Å². The number of ether oxygens (including phenoxy) is 2. The average molecular weight is 194 g/mol. The number of hydrogen-bond acceptors (Lipinski definition) is 5. The fourth-order valence-corrected chi connectivity index (χ4v) is 1.27. The van der Waals surface area contributed by atoms with Gasteiger partial charge < -0.3 is 15.3 Å². The maximum Gasteiger partial charge on any atom is 0.163 e. The first-order chi connectivity index (χ1) is 6.76. The zero-order valence-electron chi connectivity index (χ0n) is 7.89. The van der Waals surface area contributed by atoms with Crippen molar-refractivity contribution < 1.29 is 9.47 Å². The molecule has 74 valence electrons. The fourth-order valence-electron chi connectivity index (χ4n) is 1.27. The second-order valence-corrected chi connectivity index (χ2v) is 2.73. The zero-order valence-corrected chi connectivity index (χ0v) is 7.89. The van der Waals surface area contributed by atoms with Gasteiger partial charge in [-0.1, -0.05) is 0 Å². The van der Waals surface area contributed by atoms with Crippen LogP contribution < -0.4 is 15.3 Å². The van der Waals surface area contributed by atoms with Crippen molar-refractivity contribution in [3.8, 4) is 11.5 Å². The molecular weight excluding hydrogens is 184 g/mol. The van der Waals surface area contributed by atoms with Gasteiger partial charge in [0.05, 0.1) is 14.2 Å². The summed E-state index contributed by atoms with van der Waals surface area (Å²) >= 11 is 0. The molecule has 14 heavy (non-hydrogen) atoms. The Labute approximate surface area is 80.2 Å². The first-order valence-electron chi connectivity index (χ1n) is 3.98. The molecule has 0 atom stereocenters. The van der Waals surface area contributed by atoms with E-state index in [4.69, 9.17) is 15.3 Å². The highest BCUT2D eigenvalue weighted by Gasteiger charge is 2.09. The first-order valence-corrected chi connectivity index (χ1v) is 3.98. The second kappa shape index (κ2) is 3.06. The van der Waals surface area contributed by atoms with Gasteiger partial charge in [0.2, 0.25) is 0 Å². The monoisotopic (exact) mass is 194 g/mol. The molecule has 0 saturated carbocycles. The molecule has 0 bridgehead atoms. The van der Waals surface area contributed by atoms with E-state index in [1.54, 1.807) is 26.4 Å². The average Bonchev–Trinajstić information content (AvgIpc) is 2.58. The minimum atomic E-state index is 0.606. The lowest BCUT2D eigenvalue weighted by Crippen LogP contribution is -2.09. The largest absolute Gasteiger partial charge is 0.493 e. The maximum absolute atomic E-state index is 5.54. The molecule has 1 aromatic heterocycles. The van der Waals surface area contributed by atoms with E-state index >= 15 is 0 Å². The number of rotatable bonds is 2. The molecular formula is C8H10N4O2. The molecule has 1 heterocycles. The van der Waals surface area contributed by atoms with Gasteiger partial charge in [0.15, 0.2) is 11.5 Å². The number of nitrogens with two attached hydrogens (primary N) is 1. The maximum atomic E-state index is 5.54. The topological polar surface area (TPSA) is 75.2 Å². The highest BCUT2D eigenvalue weighted by atomic mass is 16.5. The summed E-state index contributed by atoms with van der Waals surface area (Å²) in [5, 5.41) is 7.53. The summed E-state index contributed by atoms with van der Waals surface area (Å²) in [5.74, 6) is 6.76. The molecule has 0 aliphatic rings. The standard InChI is InChI=1S/C8H10N4O2/c1-13-7-3-5-6(4-8(7)14-2)12(9)11-10-5/h3-4H,9H2,1-2H3. The summed E-state index contributed by atoms with van der Waals surface area (Å²) in [6, 6.07) is 3.46. The van der Waals surface area contributed by atoms with E-state index in [0.29, 0.717) is 22.5 Å². The molecule has 0 unspecified atom stereocenters. The number of nitrogen functional groups attached to an aromatic ring is 1. The summed E-state index contributed by atoms with van der Waals surface area (Å²) in [6.07, 6.45) is 0. The van der Waals surface area contributed by atoms with Crippen LogP contribution in [0.3, 0.4) is 0 Å². The van der Waals surface area contributed by atoms with Crippen molar-refractivity contribution in [2.24, 2.45) is 0 Å². The number of methoxy groups -OCH3 is 2. The molecule has 2 aromatic rings. The molecule has 0 fully saturated rings. The minimum Gasteiger partial charge on any atom is -0.493 e. The zero-order chi connectivity index (χ0) is 10.1. The number of nitrogens with zero attached hydrogens (tertiary/aromatic N) is 3. The summed E-state index contributed by atoms with van der Waals surface area (Å²) < 4.78 is 10.2. The Morgan fingerprint density at radius 1 is 1.21 bits per heavy atom. The third-order valence-electron chi connectivity index (χ3n) is 1.98. The van der Waals surface area contributed by atoms with Crippen LogP contribution in [0.15, 0.2) is 12.1 Å². The Morgan fingerprint density at radius 2 is 1.86 bits per heavy atom. The predicted molar refractivity (Wildman–Crippen MR) is 50.8 cm³/mol. The van der Waals surface area contributed by atoms with E-state index < -0.39 is 0 Å². The molecule has 6 heteroatoms. The SMILES string of the molecule is COc1cc2nnn(N)c2cc1OC. The van der Waals surface area contributed by atoms with E-state index in [0.717, 1.165) is 0 Å². The Hall–Kier alpha value is -1.98. The van der Waals surface area contributed by atoms with Gasteiger partial charge in [-0.3, -0.25) is 0 Å². The molecule has 0 radical (unpaired) electrons. The first kappa shape index (κ1) is 8.61. The van der Waals surface area contributed by atoms with E-state index in [2.05, 4.69) is 10.3 Å². The van der Waals surface area contributed by atoms with Crippen LogP contribution in [0.2, 0.25) is 0 Å². The molecule has 2 N–H and O–H groups in total. The van der Waals surface area contributed by atoms with Crippen LogP contribution in [0, 0.1) is 0 Å². The van der Waals surface area contributed by atoms with Gasteiger partial charge in [-0.05, 0) is 5.21 Å². The Morgan fingerprint density at radius 3 is 2.50 bits per heavy atom. The third-order valence-corrected chi connectivity index (χ3v) is 1.98. The molecule has 2 rings (SSSR count). The van der Waals surface area contributed by atoms with Gasteiger partial charge in [-0.25, -0.2) is 0 Å². The van der Waals surface area contributed by atoms with Gasteiger partial charge in [0.25, 0.3) is 0 Å². The van der Waals surface area contributed by atoms with Crippen LogP contribution in [0.25, 0.3) is 11.0 Å². The van der Waals surface area contributed by atoms with Crippen molar-refractivity contribution in [3.63, 3.8) is 0 Å². The summed E-state index contributed by atoms with van der Waals surface area (Å²) in [4.78, 5) is 1.19. The van der Waals surface area contributed by atoms with Gasteiger partial charge in [-0.2, -0.15) is 4.79 Å². The molecule has 0 aliphatic heterocycles. The van der Waals surface area contributed by atoms with Gasteiger partial charge in [0, 0.05) is 12.1 Å². The number of aromatic nitrogens is 3. The van der Waals surface area contributed by atoms with Crippen molar-refractivity contribution >= 4 is 11.0 Å². The Kier molecular flexibility index (Phi) is 1.88. The molecule has 1 aromatic carbocycles. The summed E-state index contributed by atoms with van der Waals surface area (Å²) in [6.45, 7) is 0.